The van der Waals surface area contributed by atoms with Crippen molar-refractivity contribution in [1.82, 2.24) is 0 Å². The third-order valence-electron chi connectivity index (χ3n) is 4.16. The van der Waals surface area contributed by atoms with Crippen molar-refractivity contribution in [3.05, 3.63) is 104 Å². The van der Waals surface area contributed by atoms with Gasteiger partial charge in [-0.25, -0.2) is 0 Å². The van der Waals surface area contributed by atoms with E-state index < -0.39 is 5.91 Å². The van der Waals surface area contributed by atoms with Crippen LogP contribution in [0, 0.1) is 11.3 Å². The summed E-state index contributed by atoms with van der Waals surface area (Å²) in [6.45, 7) is 0. The zero-order valence-corrected chi connectivity index (χ0v) is 18.0. The number of hydrogen-bond donors (Lipinski definition) is 1. The van der Waals surface area contributed by atoms with Crippen LogP contribution in [-0.2, 0) is 11.2 Å². The van der Waals surface area contributed by atoms with Gasteiger partial charge in [0.15, 0.2) is 0 Å². The Hall–Kier alpha value is -2.68. The van der Waals surface area contributed by atoms with Crippen LogP contribution < -0.4 is 5.32 Å². The Balaban J connectivity index is 1.86. The predicted molar refractivity (Wildman–Crippen MR) is 120 cm³/mol. The number of nitrogens with zero attached hydrogens (tertiary/aromatic N) is 1. The van der Waals surface area contributed by atoms with E-state index in [0.717, 1.165) is 25.6 Å². The number of carbonyl (C=O) groups is 1. The molecule has 3 nitrogen and oxygen atoms in total. The summed E-state index contributed by atoms with van der Waals surface area (Å²) in [4.78, 5) is 12.5. The van der Waals surface area contributed by atoms with Crippen LogP contribution in [0.3, 0.4) is 0 Å². The van der Waals surface area contributed by atoms with Gasteiger partial charge in [0, 0.05) is 14.6 Å². The number of amides is 1. The largest absolute Gasteiger partial charge is 0.321 e. The monoisotopic (exact) mass is 494 g/mol. The Morgan fingerprint density at radius 2 is 1.57 bits per heavy atom. The van der Waals surface area contributed by atoms with Gasteiger partial charge in [-0.15, -0.1) is 0 Å². The second-order valence-corrected chi connectivity index (χ2v) is 7.87. The summed E-state index contributed by atoms with van der Waals surface area (Å²) in [6.07, 6.45) is 2.33. The van der Waals surface area contributed by atoms with E-state index in [4.69, 9.17) is 0 Å². The number of hydrogen-bond acceptors (Lipinski definition) is 2. The Morgan fingerprint density at radius 3 is 2.25 bits per heavy atom. The first-order valence-electron chi connectivity index (χ1n) is 8.57. The van der Waals surface area contributed by atoms with Gasteiger partial charge in [0.1, 0.15) is 11.6 Å². The highest BCUT2D eigenvalue weighted by atomic mass is 79.9. The van der Waals surface area contributed by atoms with Crippen LogP contribution in [0.25, 0.3) is 6.08 Å². The fraction of sp³-hybridized carbons (Fsp3) is 0.0435. The summed E-state index contributed by atoms with van der Waals surface area (Å²) in [7, 11) is 0. The minimum atomic E-state index is -0.430. The van der Waals surface area contributed by atoms with E-state index in [2.05, 4.69) is 43.2 Å². The second-order valence-electron chi connectivity index (χ2n) is 6.10. The van der Waals surface area contributed by atoms with E-state index >= 15 is 0 Å². The highest BCUT2D eigenvalue weighted by Gasteiger charge is 2.11. The van der Waals surface area contributed by atoms with Crippen molar-refractivity contribution >= 4 is 49.5 Å². The first-order valence-corrected chi connectivity index (χ1v) is 10.2. The van der Waals surface area contributed by atoms with Gasteiger partial charge in [-0.05, 0) is 59.5 Å². The summed E-state index contributed by atoms with van der Waals surface area (Å²) >= 11 is 6.93. The lowest BCUT2D eigenvalue weighted by Gasteiger charge is -2.09. The fourth-order valence-corrected chi connectivity index (χ4v) is 3.41. The van der Waals surface area contributed by atoms with Gasteiger partial charge in [-0.2, -0.15) is 5.26 Å². The molecule has 0 radical (unpaired) electrons. The van der Waals surface area contributed by atoms with E-state index in [1.165, 1.54) is 0 Å². The molecule has 0 bridgehead atoms. The number of benzene rings is 3. The maximum Gasteiger partial charge on any atom is 0.266 e. The molecule has 0 saturated carbocycles. The third kappa shape index (κ3) is 5.19. The van der Waals surface area contributed by atoms with Gasteiger partial charge in [0.05, 0.1) is 0 Å². The molecule has 3 rings (SSSR count). The molecule has 0 spiro atoms. The first kappa shape index (κ1) is 20.1. The normalized spacial score (nSPS) is 11.0. The summed E-state index contributed by atoms with van der Waals surface area (Å²) in [5, 5.41) is 12.3. The molecule has 138 valence electrons. The molecule has 0 heterocycles. The molecule has 0 atom stereocenters. The highest BCUT2D eigenvalue weighted by Crippen LogP contribution is 2.23. The second kappa shape index (κ2) is 9.50. The number of carbonyl (C=O) groups excluding carboxylic acids is 1. The van der Waals surface area contributed by atoms with Crippen molar-refractivity contribution < 1.29 is 4.79 Å². The van der Waals surface area contributed by atoms with Crippen molar-refractivity contribution in [3.63, 3.8) is 0 Å². The van der Waals surface area contributed by atoms with Gasteiger partial charge in [-0.1, -0.05) is 74.3 Å². The number of rotatable bonds is 5. The van der Waals surface area contributed by atoms with Gasteiger partial charge >= 0.3 is 0 Å². The molecule has 1 amide bonds. The van der Waals surface area contributed by atoms with Crippen LogP contribution in [0.4, 0.5) is 5.69 Å². The lowest BCUT2D eigenvalue weighted by molar-refractivity contribution is -0.112. The molecule has 0 aliphatic heterocycles. The number of nitrogens with one attached hydrogen (secondary N) is 1. The number of nitriles is 1. The van der Waals surface area contributed by atoms with Crippen LogP contribution >= 0.6 is 31.9 Å². The fourth-order valence-electron chi connectivity index (χ4n) is 2.72. The van der Waals surface area contributed by atoms with Gasteiger partial charge in [0.2, 0.25) is 0 Å². The van der Waals surface area contributed by atoms with E-state index in [1.54, 1.807) is 18.2 Å². The summed E-state index contributed by atoms with van der Waals surface area (Å²) < 4.78 is 1.95. The topological polar surface area (TPSA) is 52.9 Å². The van der Waals surface area contributed by atoms with Crippen molar-refractivity contribution in [2.45, 2.75) is 6.42 Å². The Morgan fingerprint density at radius 1 is 0.929 bits per heavy atom. The molecular formula is C23H16Br2N2O. The van der Waals surface area contributed by atoms with Crippen LogP contribution in [0.15, 0.2) is 87.3 Å². The van der Waals surface area contributed by atoms with Crippen LogP contribution in [0.1, 0.15) is 16.7 Å². The standard InChI is InChI=1S/C23H16Br2N2O/c24-20-9-11-21(12-10-20)27-23(28)19(15-26)14-17-6-2-1-5-16(17)13-18-7-3-4-8-22(18)25/h1-12,14H,13H2,(H,27,28)/b19-14+. The predicted octanol–water partition coefficient (Wildman–Crippen LogP) is 6.35. The summed E-state index contributed by atoms with van der Waals surface area (Å²) in [5.74, 6) is -0.430. The quantitative estimate of drug-likeness (QED) is 0.331. The van der Waals surface area contributed by atoms with Crippen molar-refractivity contribution in [3.8, 4) is 6.07 Å². The molecule has 28 heavy (non-hydrogen) atoms. The number of anilines is 1. The summed E-state index contributed by atoms with van der Waals surface area (Å²) in [6, 6.07) is 25.0. The van der Waals surface area contributed by atoms with Crippen LogP contribution in [0.2, 0.25) is 0 Å². The lowest BCUT2D eigenvalue weighted by atomic mass is 9.98. The third-order valence-corrected chi connectivity index (χ3v) is 5.46. The molecule has 0 saturated heterocycles. The molecule has 1 N–H and O–H groups in total. The molecule has 0 fully saturated rings. The lowest BCUT2D eigenvalue weighted by Crippen LogP contribution is -2.13. The first-order chi connectivity index (χ1) is 13.6. The average Bonchev–Trinajstić information content (AvgIpc) is 2.70. The zero-order valence-electron chi connectivity index (χ0n) is 14.8. The maximum atomic E-state index is 12.5. The van der Waals surface area contributed by atoms with Crippen LogP contribution in [0.5, 0.6) is 0 Å². The smallest absolute Gasteiger partial charge is 0.266 e. The zero-order chi connectivity index (χ0) is 19.9. The van der Waals surface area contributed by atoms with Crippen molar-refractivity contribution in [2.24, 2.45) is 0 Å². The van der Waals surface area contributed by atoms with E-state index in [-0.39, 0.29) is 5.57 Å². The Bertz CT molecular complexity index is 1070. The van der Waals surface area contributed by atoms with Gasteiger partial charge in [0.25, 0.3) is 5.91 Å². The molecule has 0 aliphatic carbocycles. The molecule has 0 aromatic heterocycles. The van der Waals surface area contributed by atoms with Gasteiger partial charge in [-0.3, -0.25) is 4.79 Å². The van der Waals surface area contributed by atoms with Crippen molar-refractivity contribution in [1.29, 1.82) is 5.26 Å². The van der Waals surface area contributed by atoms with Crippen molar-refractivity contribution in [2.75, 3.05) is 5.32 Å². The molecule has 5 heteroatoms. The van der Waals surface area contributed by atoms with Crippen LogP contribution in [-0.4, -0.2) is 5.91 Å². The molecule has 0 unspecified atom stereocenters. The van der Waals surface area contributed by atoms with E-state index in [0.29, 0.717) is 12.1 Å². The van der Waals surface area contributed by atoms with E-state index in [9.17, 15) is 10.1 Å². The van der Waals surface area contributed by atoms with E-state index in [1.807, 2.05) is 60.7 Å². The maximum absolute atomic E-state index is 12.5. The highest BCUT2D eigenvalue weighted by molar-refractivity contribution is 9.10. The average molecular weight is 496 g/mol. The minimum absolute atomic E-state index is 0.0579. The Labute approximate surface area is 181 Å². The SMILES string of the molecule is N#C/C(=C\c1ccccc1Cc1ccccc1Br)C(=O)Nc1ccc(Br)cc1. The molecular weight excluding hydrogens is 480 g/mol. The Kier molecular flexibility index (Phi) is 6.80. The van der Waals surface area contributed by atoms with Gasteiger partial charge < -0.3 is 5.32 Å². The minimum Gasteiger partial charge on any atom is -0.321 e. The molecule has 3 aromatic carbocycles. The summed E-state index contributed by atoms with van der Waals surface area (Å²) in [5.41, 5.74) is 3.72. The number of halogens is 2. The molecule has 3 aromatic rings. The molecule has 0 aliphatic rings.